The van der Waals surface area contributed by atoms with Crippen molar-refractivity contribution < 1.29 is 0 Å². The van der Waals surface area contributed by atoms with E-state index in [1.54, 1.807) is 0 Å². The van der Waals surface area contributed by atoms with Gasteiger partial charge in [-0.25, -0.2) is 9.97 Å². The van der Waals surface area contributed by atoms with Crippen molar-refractivity contribution in [1.29, 1.82) is 0 Å². The Hall–Kier alpha value is -5.94. The summed E-state index contributed by atoms with van der Waals surface area (Å²) >= 11 is 0. The lowest BCUT2D eigenvalue weighted by molar-refractivity contribution is 0.978. The maximum Gasteiger partial charge on any atom is 0.221 e. The van der Waals surface area contributed by atoms with Crippen molar-refractivity contribution in [2.45, 2.75) is 0 Å². The Morgan fingerprint density at radius 1 is 0.372 bits per heavy atom. The van der Waals surface area contributed by atoms with Crippen LogP contribution in [0.25, 0.3) is 82.8 Å². The van der Waals surface area contributed by atoms with Crippen LogP contribution in [0.3, 0.4) is 0 Å². The van der Waals surface area contributed by atoms with E-state index in [1.807, 2.05) is 12.1 Å². The maximum absolute atomic E-state index is 5.34. The van der Waals surface area contributed by atoms with Gasteiger partial charge in [0.2, 0.25) is 5.95 Å². The lowest BCUT2D eigenvalue weighted by Crippen LogP contribution is -2.06. The van der Waals surface area contributed by atoms with E-state index in [0.717, 1.165) is 50.3 Å². The molecule has 5 heteroatoms. The van der Waals surface area contributed by atoms with Gasteiger partial charge < -0.3 is 4.57 Å². The molecular weight excluding hydrogens is 526 g/mol. The summed E-state index contributed by atoms with van der Waals surface area (Å²) in [6, 6.07) is 49.4. The fraction of sp³-hybridized carbons (Fsp3) is 0. The molecule has 0 aliphatic heterocycles. The third kappa shape index (κ3) is 3.00. The van der Waals surface area contributed by atoms with Crippen LogP contribution in [0.2, 0.25) is 0 Å². The van der Waals surface area contributed by atoms with Crippen LogP contribution in [-0.4, -0.2) is 23.5 Å². The van der Waals surface area contributed by atoms with Gasteiger partial charge in [0.15, 0.2) is 0 Å². The standard InChI is InChI=1S/C38H23N5/c1-5-15-30-29(14-1)37-39-31-16-6-10-20-35(31)43(37)38(40-30)42-34-19-9-4-13-27(34)28-22-21-24(23-36(28)42)41-32-17-7-2-11-25(32)26-12-3-8-18-33(26)41/h1-23H. The summed E-state index contributed by atoms with van der Waals surface area (Å²) in [5.41, 5.74) is 9.53. The molecule has 0 aliphatic carbocycles. The minimum Gasteiger partial charge on any atom is -0.309 e. The molecule has 0 atom stereocenters. The predicted octanol–water partition coefficient (Wildman–Crippen LogP) is 9.23. The summed E-state index contributed by atoms with van der Waals surface area (Å²) in [6.45, 7) is 0. The molecule has 0 spiro atoms. The van der Waals surface area contributed by atoms with Crippen LogP contribution in [0.1, 0.15) is 0 Å². The zero-order valence-corrected chi connectivity index (χ0v) is 23.0. The molecular formula is C38H23N5. The van der Waals surface area contributed by atoms with Crippen molar-refractivity contribution in [1.82, 2.24) is 23.5 Å². The molecule has 0 fully saturated rings. The normalized spacial score (nSPS) is 12.2. The highest BCUT2D eigenvalue weighted by Gasteiger charge is 2.21. The number of para-hydroxylation sites is 6. The quantitative estimate of drug-likeness (QED) is 0.216. The highest BCUT2D eigenvalue weighted by atomic mass is 15.2. The van der Waals surface area contributed by atoms with Crippen LogP contribution in [0.15, 0.2) is 140 Å². The van der Waals surface area contributed by atoms with Crippen molar-refractivity contribution >= 4 is 71.2 Å². The number of fused-ring (bicyclic) bond motifs is 11. The predicted molar refractivity (Wildman–Crippen MR) is 177 cm³/mol. The Labute approximate surface area is 245 Å². The third-order valence-electron chi connectivity index (χ3n) is 8.82. The second-order valence-electron chi connectivity index (χ2n) is 11.1. The summed E-state index contributed by atoms with van der Waals surface area (Å²) in [5, 5.41) is 5.92. The summed E-state index contributed by atoms with van der Waals surface area (Å²) in [4.78, 5) is 10.4. The van der Waals surface area contributed by atoms with Gasteiger partial charge in [-0.1, -0.05) is 84.9 Å². The highest BCUT2D eigenvalue weighted by molar-refractivity contribution is 6.12. The number of hydrogen-bond donors (Lipinski definition) is 0. The fourth-order valence-corrected chi connectivity index (χ4v) is 6.99. The molecule has 10 rings (SSSR count). The second-order valence-corrected chi connectivity index (χ2v) is 11.1. The Morgan fingerprint density at radius 3 is 1.56 bits per heavy atom. The number of rotatable bonds is 2. The average Bonchev–Trinajstić information content (AvgIpc) is 3.72. The van der Waals surface area contributed by atoms with Crippen LogP contribution in [0, 0.1) is 0 Å². The van der Waals surface area contributed by atoms with Crippen LogP contribution in [0.4, 0.5) is 0 Å². The van der Waals surface area contributed by atoms with Crippen LogP contribution in [0.5, 0.6) is 0 Å². The summed E-state index contributed by atoms with van der Waals surface area (Å²) in [7, 11) is 0. The zero-order valence-electron chi connectivity index (χ0n) is 23.0. The Bertz CT molecular complexity index is 2690. The first-order valence-electron chi connectivity index (χ1n) is 14.5. The van der Waals surface area contributed by atoms with E-state index in [1.165, 1.54) is 32.6 Å². The van der Waals surface area contributed by atoms with Gasteiger partial charge in [0, 0.05) is 32.6 Å². The van der Waals surface area contributed by atoms with E-state index >= 15 is 0 Å². The van der Waals surface area contributed by atoms with Gasteiger partial charge in [-0.05, 0) is 54.6 Å². The molecule has 6 aromatic carbocycles. The molecule has 4 heterocycles. The van der Waals surface area contributed by atoms with E-state index in [9.17, 15) is 0 Å². The minimum atomic E-state index is 0.827. The largest absolute Gasteiger partial charge is 0.309 e. The first-order chi connectivity index (χ1) is 21.3. The molecule has 0 unspecified atom stereocenters. The first-order valence-corrected chi connectivity index (χ1v) is 14.5. The molecule has 0 bridgehead atoms. The van der Waals surface area contributed by atoms with Gasteiger partial charge in [-0.3, -0.25) is 8.97 Å². The minimum absolute atomic E-state index is 0.827. The van der Waals surface area contributed by atoms with Gasteiger partial charge in [0.05, 0.1) is 38.6 Å². The van der Waals surface area contributed by atoms with E-state index in [0.29, 0.717) is 0 Å². The number of hydrogen-bond acceptors (Lipinski definition) is 2. The molecule has 0 saturated heterocycles. The molecule has 0 saturated carbocycles. The maximum atomic E-state index is 5.34. The monoisotopic (exact) mass is 549 g/mol. The average molecular weight is 550 g/mol. The van der Waals surface area contributed by atoms with E-state index in [-0.39, 0.29) is 0 Å². The van der Waals surface area contributed by atoms with Crippen LogP contribution < -0.4 is 0 Å². The van der Waals surface area contributed by atoms with Crippen molar-refractivity contribution in [3.05, 3.63) is 140 Å². The lowest BCUT2D eigenvalue weighted by atomic mass is 10.1. The van der Waals surface area contributed by atoms with Crippen molar-refractivity contribution in [3.63, 3.8) is 0 Å². The van der Waals surface area contributed by atoms with E-state index in [4.69, 9.17) is 9.97 Å². The van der Waals surface area contributed by atoms with Crippen molar-refractivity contribution in [3.8, 4) is 11.6 Å². The molecule has 0 radical (unpaired) electrons. The Kier molecular flexibility index (Phi) is 4.39. The van der Waals surface area contributed by atoms with Gasteiger partial charge in [-0.15, -0.1) is 0 Å². The van der Waals surface area contributed by atoms with Crippen molar-refractivity contribution in [2.75, 3.05) is 0 Å². The summed E-state index contributed by atoms with van der Waals surface area (Å²) in [6.07, 6.45) is 0. The fourth-order valence-electron chi connectivity index (χ4n) is 6.99. The topological polar surface area (TPSA) is 40.0 Å². The van der Waals surface area contributed by atoms with Gasteiger partial charge in [0.1, 0.15) is 5.65 Å². The van der Waals surface area contributed by atoms with Gasteiger partial charge in [0.25, 0.3) is 0 Å². The van der Waals surface area contributed by atoms with Crippen LogP contribution in [-0.2, 0) is 0 Å². The Balaban J connectivity index is 1.38. The summed E-state index contributed by atoms with van der Waals surface area (Å²) < 4.78 is 6.91. The molecule has 200 valence electrons. The molecule has 10 aromatic rings. The van der Waals surface area contributed by atoms with Gasteiger partial charge >= 0.3 is 0 Å². The van der Waals surface area contributed by atoms with Crippen LogP contribution >= 0.6 is 0 Å². The molecule has 4 aromatic heterocycles. The number of aromatic nitrogens is 5. The number of imidazole rings is 1. The molecule has 0 amide bonds. The number of benzene rings is 6. The first kappa shape index (κ1) is 22.7. The third-order valence-corrected chi connectivity index (χ3v) is 8.82. The second kappa shape index (κ2) is 8.30. The molecule has 43 heavy (non-hydrogen) atoms. The molecule has 5 nitrogen and oxygen atoms in total. The zero-order chi connectivity index (χ0) is 28.1. The van der Waals surface area contributed by atoms with E-state index < -0.39 is 0 Å². The number of nitrogens with zero attached hydrogens (tertiary/aromatic N) is 5. The lowest BCUT2D eigenvalue weighted by Gasteiger charge is -2.13. The summed E-state index contributed by atoms with van der Waals surface area (Å²) in [5.74, 6) is 0.827. The highest BCUT2D eigenvalue weighted by Crippen LogP contribution is 2.37. The molecule has 0 aliphatic rings. The SMILES string of the molecule is c1ccc2c(c1)nc(-n1c3ccccc3c3ccc(-n4c5ccccc5c5ccccc54)cc31)n1c3ccccc3nc21. The van der Waals surface area contributed by atoms with Crippen molar-refractivity contribution in [2.24, 2.45) is 0 Å². The smallest absolute Gasteiger partial charge is 0.221 e. The van der Waals surface area contributed by atoms with E-state index in [2.05, 4.69) is 141 Å². The van der Waals surface area contributed by atoms with Gasteiger partial charge in [-0.2, -0.15) is 0 Å². The Morgan fingerprint density at radius 2 is 0.884 bits per heavy atom. The molecule has 0 N–H and O–H groups in total.